The van der Waals surface area contributed by atoms with Crippen molar-refractivity contribution in [3.8, 4) is 0 Å². The molecule has 0 spiro atoms. The van der Waals surface area contributed by atoms with Gasteiger partial charge in [0.1, 0.15) is 12.4 Å². The molecule has 0 aliphatic heterocycles. The van der Waals surface area contributed by atoms with Crippen molar-refractivity contribution in [2.75, 3.05) is 13.2 Å². The predicted octanol–water partition coefficient (Wildman–Crippen LogP) is 7.66. The molecule has 0 radical (unpaired) electrons. The SMILES string of the molecule is CCCCCCCCCCCCCC(=O)OC[C@H](COP(=O)(O)O)OC(=O)CCCCCC[C@H]1C(=O)C[C@@H](O)[C@@H]1/C=C/[C@@H](O)CCCCC. The molecule has 1 saturated carbocycles. The minimum Gasteiger partial charge on any atom is -0.462 e. The van der Waals surface area contributed by atoms with Crippen LogP contribution in [0, 0.1) is 11.8 Å². The van der Waals surface area contributed by atoms with E-state index in [-0.39, 0.29) is 43.5 Å². The molecule has 5 atom stereocenters. The number of rotatable bonds is 31. The Labute approximate surface area is 295 Å². The van der Waals surface area contributed by atoms with Gasteiger partial charge in [-0.25, -0.2) is 4.57 Å². The van der Waals surface area contributed by atoms with Gasteiger partial charge in [-0.15, -0.1) is 0 Å². The summed E-state index contributed by atoms with van der Waals surface area (Å²) in [6.45, 7) is 3.36. The second-order valence-corrected chi connectivity index (χ2v) is 14.9. The van der Waals surface area contributed by atoms with E-state index in [2.05, 4.69) is 18.4 Å². The van der Waals surface area contributed by atoms with Gasteiger partial charge < -0.3 is 29.5 Å². The zero-order valence-corrected chi connectivity index (χ0v) is 31.2. The fourth-order valence-electron chi connectivity index (χ4n) is 6.27. The smallest absolute Gasteiger partial charge is 0.462 e. The van der Waals surface area contributed by atoms with E-state index in [1.54, 1.807) is 12.2 Å². The molecular weight excluding hydrogens is 651 g/mol. The highest BCUT2D eigenvalue weighted by molar-refractivity contribution is 7.46. The summed E-state index contributed by atoms with van der Waals surface area (Å²) in [6, 6.07) is 0. The van der Waals surface area contributed by atoms with E-state index in [1.165, 1.54) is 44.9 Å². The molecule has 4 N–H and O–H groups in total. The van der Waals surface area contributed by atoms with Gasteiger partial charge in [0.15, 0.2) is 6.10 Å². The Morgan fingerprint density at radius 1 is 0.796 bits per heavy atom. The summed E-state index contributed by atoms with van der Waals surface area (Å²) >= 11 is 0. The van der Waals surface area contributed by atoms with Gasteiger partial charge in [-0.2, -0.15) is 0 Å². The maximum Gasteiger partial charge on any atom is 0.469 e. The van der Waals surface area contributed by atoms with Crippen LogP contribution < -0.4 is 0 Å². The van der Waals surface area contributed by atoms with Crippen LogP contribution in [0.2, 0.25) is 0 Å². The van der Waals surface area contributed by atoms with E-state index >= 15 is 0 Å². The van der Waals surface area contributed by atoms with Crippen molar-refractivity contribution >= 4 is 25.5 Å². The Morgan fingerprint density at radius 2 is 1.33 bits per heavy atom. The number of phosphoric ester groups is 1. The highest BCUT2D eigenvalue weighted by Crippen LogP contribution is 2.36. The first-order chi connectivity index (χ1) is 23.5. The van der Waals surface area contributed by atoms with Gasteiger partial charge >= 0.3 is 19.8 Å². The molecule has 0 aromatic heterocycles. The number of ether oxygens (including phenoxy) is 2. The van der Waals surface area contributed by atoms with Gasteiger partial charge in [-0.3, -0.25) is 18.9 Å². The van der Waals surface area contributed by atoms with Gasteiger partial charge in [0.25, 0.3) is 0 Å². The molecular formula is C37H67O11P. The minimum atomic E-state index is -4.81. The van der Waals surface area contributed by atoms with Gasteiger partial charge in [0.05, 0.1) is 18.8 Å². The third-order valence-electron chi connectivity index (χ3n) is 9.18. The Hall–Kier alpha value is -1.62. The van der Waals surface area contributed by atoms with Crippen LogP contribution in [0.25, 0.3) is 0 Å². The maximum absolute atomic E-state index is 12.5. The predicted molar refractivity (Wildman–Crippen MR) is 190 cm³/mol. The molecule has 0 bridgehead atoms. The normalized spacial score (nSPS) is 19.4. The molecule has 0 amide bonds. The van der Waals surface area contributed by atoms with Crippen molar-refractivity contribution in [3.05, 3.63) is 12.2 Å². The summed E-state index contributed by atoms with van der Waals surface area (Å²) in [5.74, 6) is -1.59. The molecule has 1 fully saturated rings. The number of aliphatic hydroxyl groups is 2. The summed E-state index contributed by atoms with van der Waals surface area (Å²) in [7, 11) is -4.81. The second kappa shape index (κ2) is 28.0. The van der Waals surface area contributed by atoms with Crippen LogP contribution in [0.5, 0.6) is 0 Å². The van der Waals surface area contributed by atoms with E-state index in [1.807, 2.05) is 0 Å². The number of hydrogen-bond donors (Lipinski definition) is 4. The average molecular weight is 719 g/mol. The van der Waals surface area contributed by atoms with Crippen molar-refractivity contribution in [3.63, 3.8) is 0 Å². The lowest BCUT2D eigenvalue weighted by Crippen LogP contribution is -2.29. The van der Waals surface area contributed by atoms with Crippen molar-refractivity contribution in [2.45, 2.75) is 180 Å². The Morgan fingerprint density at radius 3 is 1.92 bits per heavy atom. The monoisotopic (exact) mass is 718 g/mol. The Balaban J connectivity index is 2.32. The van der Waals surface area contributed by atoms with Crippen LogP contribution in [-0.2, 0) is 32.9 Å². The number of carbonyl (C=O) groups excluding carboxylic acids is 3. The standard InChI is InChI=1S/C37H67O11P/c1-3-5-7-8-9-10-11-12-13-14-19-23-36(41)46-28-31(29-47-49(43,44)45)48-37(42)24-20-16-15-18-22-32-33(35(40)27-34(32)39)26-25-30(38)21-17-6-4-2/h25-26,30-33,35,38,40H,3-24,27-29H2,1-2H3,(H2,43,44,45)/b26-25+/t30-,31+,32+,33+,35+/m0/s1. The summed E-state index contributed by atoms with van der Waals surface area (Å²) in [4.78, 5) is 55.4. The maximum atomic E-state index is 12.5. The lowest BCUT2D eigenvalue weighted by atomic mass is 9.88. The molecule has 1 aliphatic rings. The van der Waals surface area contributed by atoms with E-state index < -0.39 is 44.7 Å². The molecule has 1 aliphatic carbocycles. The fourth-order valence-corrected chi connectivity index (χ4v) is 6.63. The molecule has 0 unspecified atom stereocenters. The summed E-state index contributed by atoms with van der Waals surface area (Å²) in [5, 5.41) is 20.6. The third-order valence-corrected chi connectivity index (χ3v) is 9.66. The summed E-state index contributed by atoms with van der Waals surface area (Å²) in [6.07, 6.45) is 21.3. The molecule has 1 rings (SSSR count). The number of hydrogen-bond acceptors (Lipinski definition) is 9. The van der Waals surface area contributed by atoms with E-state index in [9.17, 15) is 29.2 Å². The average Bonchev–Trinajstić information content (AvgIpc) is 3.32. The molecule has 0 aromatic rings. The molecule has 286 valence electrons. The number of phosphoric acid groups is 1. The lowest BCUT2D eigenvalue weighted by Gasteiger charge is -2.19. The van der Waals surface area contributed by atoms with Crippen LogP contribution in [0.15, 0.2) is 12.2 Å². The first-order valence-corrected chi connectivity index (χ1v) is 20.6. The Kier molecular flexibility index (Phi) is 26.0. The van der Waals surface area contributed by atoms with Crippen LogP contribution in [0.1, 0.15) is 162 Å². The second-order valence-electron chi connectivity index (χ2n) is 13.7. The molecule has 49 heavy (non-hydrogen) atoms. The molecule has 11 nitrogen and oxygen atoms in total. The molecule has 0 aromatic carbocycles. The van der Waals surface area contributed by atoms with E-state index in [0.29, 0.717) is 32.1 Å². The van der Waals surface area contributed by atoms with Crippen molar-refractivity contribution in [1.82, 2.24) is 0 Å². The minimum absolute atomic E-state index is 0.0364. The number of esters is 2. The first kappa shape index (κ1) is 45.4. The number of Topliss-reactive ketones (excluding diaryl/α,β-unsaturated/α-hetero) is 1. The topological polar surface area (TPSA) is 177 Å². The van der Waals surface area contributed by atoms with Crippen molar-refractivity contribution < 1.29 is 52.9 Å². The third kappa shape index (κ3) is 24.2. The highest BCUT2D eigenvalue weighted by atomic mass is 31.2. The van der Waals surface area contributed by atoms with Crippen molar-refractivity contribution in [2.24, 2.45) is 11.8 Å². The van der Waals surface area contributed by atoms with E-state index in [0.717, 1.165) is 51.4 Å². The summed E-state index contributed by atoms with van der Waals surface area (Å²) < 4.78 is 26.3. The van der Waals surface area contributed by atoms with Gasteiger partial charge in [0, 0.05) is 31.1 Å². The molecule has 12 heteroatoms. The largest absolute Gasteiger partial charge is 0.469 e. The van der Waals surface area contributed by atoms with Crippen LogP contribution in [-0.4, -0.2) is 69.2 Å². The summed E-state index contributed by atoms with van der Waals surface area (Å²) in [5.41, 5.74) is 0. The fraction of sp³-hybridized carbons (Fsp3) is 0.865. The number of unbranched alkanes of at least 4 members (excludes halogenated alkanes) is 15. The van der Waals surface area contributed by atoms with Crippen LogP contribution in [0.3, 0.4) is 0 Å². The van der Waals surface area contributed by atoms with Gasteiger partial charge in [0.2, 0.25) is 0 Å². The number of carbonyl (C=O) groups is 3. The Bertz CT molecular complexity index is 966. The zero-order chi connectivity index (χ0) is 36.3. The number of aliphatic hydroxyl groups excluding tert-OH is 2. The quantitative estimate of drug-likeness (QED) is 0.0240. The lowest BCUT2D eigenvalue weighted by molar-refractivity contribution is -0.161. The van der Waals surface area contributed by atoms with Gasteiger partial charge in [-0.1, -0.05) is 129 Å². The van der Waals surface area contributed by atoms with E-state index in [4.69, 9.17) is 19.3 Å². The molecule has 0 saturated heterocycles. The van der Waals surface area contributed by atoms with Crippen molar-refractivity contribution in [1.29, 1.82) is 0 Å². The highest BCUT2D eigenvalue weighted by Gasteiger charge is 2.39. The first-order valence-electron chi connectivity index (χ1n) is 19.1. The molecule has 0 heterocycles. The number of ketones is 1. The van der Waals surface area contributed by atoms with Crippen LogP contribution in [0.4, 0.5) is 0 Å². The van der Waals surface area contributed by atoms with Crippen LogP contribution >= 0.6 is 7.82 Å². The van der Waals surface area contributed by atoms with Gasteiger partial charge in [-0.05, 0) is 25.7 Å². The zero-order valence-electron chi connectivity index (χ0n) is 30.3.